The summed E-state index contributed by atoms with van der Waals surface area (Å²) in [5.74, 6) is -1.58. The van der Waals surface area contributed by atoms with E-state index in [1.807, 2.05) is 13.8 Å². The van der Waals surface area contributed by atoms with E-state index in [0.29, 0.717) is 29.6 Å². The number of methoxy groups -OCH3 is 1. The smallest absolute Gasteiger partial charge is 0.342 e. The third-order valence-corrected chi connectivity index (χ3v) is 7.70. The molecule has 0 saturated heterocycles. The highest BCUT2D eigenvalue weighted by Crippen LogP contribution is 2.61. The van der Waals surface area contributed by atoms with Crippen LogP contribution in [0.25, 0.3) is 0 Å². The van der Waals surface area contributed by atoms with Crippen LogP contribution in [0.15, 0.2) is 21.8 Å². The van der Waals surface area contributed by atoms with Gasteiger partial charge in [-0.25, -0.2) is 4.79 Å². The van der Waals surface area contributed by atoms with Crippen LogP contribution < -0.4 is 0 Å². The van der Waals surface area contributed by atoms with Crippen LogP contribution >= 0.6 is 0 Å². The van der Waals surface area contributed by atoms with Gasteiger partial charge in [0.15, 0.2) is 5.76 Å². The number of allylic oxidation sites excluding steroid dienone is 1. The molecule has 0 radical (unpaired) electrons. The van der Waals surface area contributed by atoms with Crippen LogP contribution in [0.5, 0.6) is 0 Å². The van der Waals surface area contributed by atoms with Crippen LogP contribution in [0.2, 0.25) is 0 Å². The topological polar surface area (TPSA) is 109 Å². The molecule has 1 aliphatic heterocycles. The summed E-state index contributed by atoms with van der Waals surface area (Å²) in [6, 6.07) is 0. The second kappa shape index (κ2) is 6.38. The molecule has 3 unspecified atom stereocenters. The zero-order valence-electron chi connectivity index (χ0n) is 17.9. The van der Waals surface area contributed by atoms with E-state index < -0.39 is 35.0 Å². The number of esters is 2. The second-order valence-electron chi connectivity index (χ2n) is 9.30. The minimum atomic E-state index is -0.988. The molecule has 4 aliphatic rings. The van der Waals surface area contributed by atoms with Crippen LogP contribution in [0, 0.1) is 11.3 Å². The van der Waals surface area contributed by atoms with Gasteiger partial charge >= 0.3 is 11.9 Å². The molecule has 8 nitrogen and oxygen atoms in total. The van der Waals surface area contributed by atoms with Gasteiger partial charge in [-0.2, -0.15) is 0 Å². The number of furan rings is 1. The summed E-state index contributed by atoms with van der Waals surface area (Å²) in [7, 11) is 1.50. The molecule has 5 atom stereocenters. The van der Waals surface area contributed by atoms with E-state index in [-0.39, 0.29) is 41.8 Å². The largest absolute Gasteiger partial charge is 0.460 e. The maximum atomic E-state index is 13.7. The summed E-state index contributed by atoms with van der Waals surface area (Å²) >= 11 is 0. The first-order valence-corrected chi connectivity index (χ1v) is 10.5. The number of hydrogen-bond acceptors (Lipinski definition) is 8. The third-order valence-electron chi connectivity index (χ3n) is 7.70. The molecular weight excluding hydrogens is 404 g/mol. The Hall–Kier alpha value is -2.74. The molecule has 1 saturated carbocycles. The average Bonchev–Trinajstić information content (AvgIpc) is 3.27. The van der Waals surface area contributed by atoms with Crippen molar-refractivity contribution in [2.45, 2.75) is 57.7 Å². The van der Waals surface area contributed by atoms with Crippen molar-refractivity contribution < 1.29 is 37.8 Å². The fraction of sp³-hybridized carbons (Fsp3) is 0.565. The van der Waals surface area contributed by atoms with Crippen LogP contribution in [0.3, 0.4) is 0 Å². The zero-order valence-corrected chi connectivity index (χ0v) is 17.9. The van der Waals surface area contributed by atoms with E-state index >= 15 is 0 Å². The van der Waals surface area contributed by atoms with Crippen LogP contribution in [0.1, 0.15) is 66.5 Å². The Labute approximate surface area is 178 Å². The van der Waals surface area contributed by atoms with Gasteiger partial charge in [-0.3, -0.25) is 14.4 Å². The molecule has 0 amide bonds. The van der Waals surface area contributed by atoms with Crippen molar-refractivity contribution in [3.63, 3.8) is 0 Å². The van der Waals surface area contributed by atoms with Gasteiger partial charge < -0.3 is 18.6 Å². The molecule has 0 bridgehead atoms. The van der Waals surface area contributed by atoms with Crippen LogP contribution in [0.4, 0.5) is 0 Å². The molecule has 5 rings (SSSR count). The van der Waals surface area contributed by atoms with Gasteiger partial charge in [-0.15, -0.1) is 0 Å². The van der Waals surface area contributed by atoms with Crippen molar-refractivity contribution in [3.8, 4) is 0 Å². The maximum absolute atomic E-state index is 13.7. The SMILES string of the molecule is COCC1OC(=O)c2coc3c2[C@@]1(C)C1=C(C3=O)C2CCC(=O)[C@@]2(C)CC1OC(C)=O. The highest BCUT2D eigenvalue weighted by atomic mass is 16.6. The number of fused-ring (bicyclic) bond motifs is 3. The van der Waals surface area contributed by atoms with Gasteiger partial charge in [0, 0.05) is 49.3 Å². The summed E-state index contributed by atoms with van der Waals surface area (Å²) in [4.78, 5) is 51.2. The Bertz CT molecular complexity index is 1080. The number of ether oxygens (including phenoxy) is 3. The number of ketones is 2. The molecule has 2 heterocycles. The predicted molar refractivity (Wildman–Crippen MR) is 105 cm³/mol. The zero-order chi connectivity index (χ0) is 22.3. The number of cyclic esters (lactones) is 1. The summed E-state index contributed by atoms with van der Waals surface area (Å²) in [5, 5.41) is 0. The standard InChI is InChI=1S/C23H24O8/c1-10(24)30-13-7-22(2)12(5-6-14(22)25)16-18(13)23(3)15(9-28-4)31-21(27)11-8-29-20(17(11)23)19(16)26/h8,12-13,15H,5-7,9H2,1-4H3/t12?,13?,15?,22-,23-/m0/s1. The van der Waals surface area contributed by atoms with E-state index in [1.54, 1.807) is 0 Å². The average molecular weight is 428 g/mol. The monoisotopic (exact) mass is 428 g/mol. The van der Waals surface area contributed by atoms with E-state index in [2.05, 4.69) is 0 Å². The lowest BCUT2D eigenvalue weighted by Gasteiger charge is -2.51. The van der Waals surface area contributed by atoms with Crippen LogP contribution in [-0.4, -0.2) is 49.4 Å². The molecule has 0 N–H and O–H groups in total. The second-order valence-corrected chi connectivity index (χ2v) is 9.30. The first kappa shape index (κ1) is 20.2. The highest BCUT2D eigenvalue weighted by molar-refractivity contribution is 6.14. The molecule has 31 heavy (non-hydrogen) atoms. The normalized spacial score (nSPS) is 36.0. The van der Waals surface area contributed by atoms with Crippen molar-refractivity contribution in [1.29, 1.82) is 0 Å². The minimum Gasteiger partial charge on any atom is -0.460 e. The van der Waals surface area contributed by atoms with Crippen molar-refractivity contribution >= 4 is 23.5 Å². The summed E-state index contributed by atoms with van der Waals surface area (Å²) in [6.45, 7) is 5.11. The van der Waals surface area contributed by atoms with Crippen molar-refractivity contribution in [3.05, 3.63) is 34.3 Å². The predicted octanol–water partition coefficient (Wildman–Crippen LogP) is 2.54. The lowest BCUT2D eigenvalue weighted by atomic mass is 9.54. The quantitative estimate of drug-likeness (QED) is 0.676. The van der Waals surface area contributed by atoms with E-state index in [4.69, 9.17) is 18.6 Å². The molecule has 1 aromatic heterocycles. The molecule has 1 aromatic rings. The van der Waals surface area contributed by atoms with Crippen molar-refractivity contribution in [1.82, 2.24) is 0 Å². The molecule has 0 aromatic carbocycles. The number of carbonyl (C=O) groups excluding carboxylic acids is 4. The Morgan fingerprint density at radius 3 is 2.68 bits per heavy atom. The first-order valence-electron chi connectivity index (χ1n) is 10.5. The van der Waals surface area contributed by atoms with Gasteiger partial charge in [0.2, 0.25) is 5.78 Å². The van der Waals surface area contributed by atoms with Gasteiger partial charge in [-0.1, -0.05) is 6.92 Å². The lowest BCUT2D eigenvalue weighted by Crippen LogP contribution is -2.57. The number of Topliss-reactive ketones (excluding diaryl/α,β-unsaturated/α-hetero) is 2. The molecule has 3 aliphatic carbocycles. The number of carbonyl (C=O) groups is 4. The minimum absolute atomic E-state index is 0.0635. The maximum Gasteiger partial charge on any atom is 0.342 e. The van der Waals surface area contributed by atoms with Gasteiger partial charge in [0.05, 0.1) is 12.0 Å². The molecular formula is C23H24O8. The Morgan fingerprint density at radius 2 is 2.00 bits per heavy atom. The number of rotatable bonds is 3. The molecule has 0 spiro atoms. The van der Waals surface area contributed by atoms with E-state index in [1.165, 1.54) is 20.3 Å². The molecule has 164 valence electrons. The van der Waals surface area contributed by atoms with E-state index in [9.17, 15) is 19.2 Å². The number of hydrogen-bond donors (Lipinski definition) is 0. The first-order chi connectivity index (χ1) is 14.6. The van der Waals surface area contributed by atoms with Crippen molar-refractivity contribution in [2.75, 3.05) is 13.7 Å². The highest BCUT2D eigenvalue weighted by Gasteiger charge is 2.64. The Morgan fingerprint density at radius 1 is 1.26 bits per heavy atom. The van der Waals surface area contributed by atoms with Gasteiger partial charge in [0.25, 0.3) is 0 Å². The fourth-order valence-corrected chi connectivity index (χ4v) is 6.28. The fourth-order valence-electron chi connectivity index (χ4n) is 6.28. The molecule has 1 fully saturated rings. The molecule has 8 heteroatoms. The van der Waals surface area contributed by atoms with E-state index in [0.717, 1.165) is 0 Å². The summed E-state index contributed by atoms with van der Waals surface area (Å²) in [5.41, 5.74) is -0.0741. The van der Waals surface area contributed by atoms with Crippen molar-refractivity contribution in [2.24, 2.45) is 11.3 Å². The summed E-state index contributed by atoms with van der Waals surface area (Å²) in [6.07, 6.45) is 0.906. The Kier molecular flexibility index (Phi) is 4.16. The van der Waals surface area contributed by atoms with Gasteiger partial charge in [-0.05, 0) is 18.9 Å². The third kappa shape index (κ3) is 2.39. The van der Waals surface area contributed by atoms with Gasteiger partial charge in [0.1, 0.15) is 29.8 Å². The van der Waals surface area contributed by atoms with Crippen LogP contribution in [-0.2, 0) is 29.2 Å². The Balaban J connectivity index is 1.82. The lowest BCUT2D eigenvalue weighted by molar-refractivity contribution is -0.149. The summed E-state index contributed by atoms with van der Waals surface area (Å²) < 4.78 is 22.4.